The number of aromatic nitrogens is 1. The van der Waals surface area contributed by atoms with Gasteiger partial charge in [-0.2, -0.15) is 0 Å². The van der Waals surface area contributed by atoms with Crippen LogP contribution in [-0.4, -0.2) is 16.9 Å². The van der Waals surface area contributed by atoms with Crippen molar-refractivity contribution >= 4 is 11.6 Å². The molecule has 0 aliphatic heterocycles. The highest BCUT2D eigenvalue weighted by Gasteiger charge is 2.13. The molecule has 1 aromatic rings. The highest BCUT2D eigenvalue weighted by Crippen LogP contribution is 2.09. The summed E-state index contributed by atoms with van der Waals surface area (Å²) in [5.41, 5.74) is 6.46. The van der Waals surface area contributed by atoms with Crippen LogP contribution >= 0.6 is 0 Å². The molecule has 3 N–H and O–H groups in total. The summed E-state index contributed by atoms with van der Waals surface area (Å²) in [5.74, 6) is -0.184. The van der Waals surface area contributed by atoms with Crippen molar-refractivity contribution in [3.8, 4) is 0 Å². The fourth-order valence-corrected chi connectivity index (χ4v) is 1.85. The number of carbonyl (C=O) groups is 1. The lowest BCUT2D eigenvalue weighted by atomic mass is 10.1. The van der Waals surface area contributed by atoms with Gasteiger partial charge < -0.3 is 11.1 Å². The van der Waals surface area contributed by atoms with Crippen molar-refractivity contribution in [2.24, 2.45) is 0 Å². The van der Waals surface area contributed by atoms with Crippen LogP contribution in [0.5, 0.6) is 0 Å². The van der Waals surface area contributed by atoms with Crippen molar-refractivity contribution < 1.29 is 4.79 Å². The lowest BCUT2D eigenvalue weighted by Crippen LogP contribution is -2.33. The molecule has 1 unspecified atom stereocenters. The Morgan fingerprint density at radius 2 is 2.22 bits per heavy atom. The molecule has 0 aliphatic rings. The van der Waals surface area contributed by atoms with Gasteiger partial charge in [0.2, 0.25) is 0 Å². The topological polar surface area (TPSA) is 68.0 Å². The summed E-state index contributed by atoms with van der Waals surface area (Å²) < 4.78 is 0. The predicted octanol–water partition coefficient (Wildman–Crippen LogP) is 2.75. The van der Waals surface area contributed by atoms with Crippen molar-refractivity contribution in [2.45, 2.75) is 52.0 Å². The molecular weight excluding hydrogens is 226 g/mol. The van der Waals surface area contributed by atoms with Crippen LogP contribution < -0.4 is 11.1 Å². The summed E-state index contributed by atoms with van der Waals surface area (Å²) in [6, 6.07) is 3.57. The highest BCUT2D eigenvalue weighted by molar-refractivity contribution is 5.97. The Labute approximate surface area is 109 Å². The Bertz CT molecular complexity index is 379. The van der Waals surface area contributed by atoms with Gasteiger partial charge in [0.15, 0.2) is 5.69 Å². The molecule has 0 fully saturated rings. The Morgan fingerprint density at radius 3 is 2.89 bits per heavy atom. The standard InChI is InChI=1S/C14H23N3O/c1-3-4-5-6-8-11(2)17-14(18)13-12(15)9-7-10-16-13/h7,9-11H,3-6,8,15H2,1-2H3,(H,17,18). The third kappa shape index (κ3) is 4.73. The zero-order valence-corrected chi connectivity index (χ0v) is 11.3. The number of carbonyl (C=O) groups excluding carboxylic acids is 1. The van der Waals surface area contributed by atoms with Gasteiger partial charge in [0.25, 0.3) is 5.91 Å². The fourth-order valence-electron chi connectivity index (χ4n) is 1.85. The largest absolute Gasteiger partial charge is 0.397 e. The smallest absolute Gasteiger partial charge is 0.272 e. The summed E-state index contributed by atoms with van der Waals surface area (Å²) in [5, 5.41) is 2.93. The molecule has 1 atom stereocenters. The molecule has 100 valence electrons. The van der Waals surface area contributed by atoms with Crippen LogP contribution in [0.4, 0.5) is 5.69 Å². The molecule has 1 heterocycles. The fraction of sp³-hybridized carbons (Fsp3) is 0.571. The predicted molar refractivity (Wildman–Crippen MR) is 74.3 cm³/mol. The number of pyridine rings is 1. The number of nitrogens with one attached hydrogen (secondary N) is 1. The molecule has 4 heteroatoms. The molecule has 0 bridgehead atoms. The number of rotatable bonds is 7. The average Bonchev–Trinajstić information content (AvgIpc) is 2.35. The number of nitrogens with two attached hydrogens (primary N) is 1. The Hall–Kier alpha value is -1.58. The Balaban J connectivity index is 2.38. The maximum absolute atomic E-state index is 11.9. The lowest BCUT2D eigenvalue weighted by Gasteiger charge is -2.14. The van der Waals surface area contributed by atoms with Crippen molar-refractivity contribution in [1.29, 1.82) is 0 Å². The third-order valence-electron chi connectivity index (χ3n) is 2.92. The first-order chi connectivity index (χ1) is 8.65. The summed E-state index contributed by atoms with van der Waals surface area (Å²) >= 11 is 0. The summed E-state index contributed by atoms with van der Waals surface area (Å²) in [4.78, 5) is 15.9. The minimum atomic E-state index is -0.184. The molecule has 4 nitrogen and oxygen atoms in total. The summed E-state index contributed by atoms with van der Waals surface area (Å²) in [6.07, 6.45) is 7.43. The first-order valence-corrected chi connectivity index (χ1v) is 6.66. The van der Waals surface area contributed by atoms with Crippen LogP contribution in [-0.2, 0) is 0 Å². The van der Waals surface area contributed by atoms with Gasteiger partial charge in [-0.15, -0.1) is 0 Å². The SMILES string of the molecule is CCCCCCC(C)NC(=O)c1ncccc1N. The van der Waals surface area contributed by atoms with E-state index in [1.165, 1.54) is 19.3 Å². The molecule has 0 spiro atoms. The quantitative estimate of drug-likeness (QED) is 0.730. The Morgan fingerprint density at radius 1 is 1.44 bits per heavy atom. The maximum Gasteiger partial charge on any atom is 0.272 e. The van der Waals surface area contributed by atoms with Crippen LogP contribution in [0, 0.1) is 0 Å². The highest BCUT2D eigenvalue weighted by atomic mass is 16.1. The van der Waals surface area contributed by atoms with E-state index in [0.717, 1.165) is 12.8 Å². The van der Waals surface area contributed by atoms with Crippen molar-refractivity contribution in [3.05, 3.63) is 24.0 Å². The molecule has 1 rings (SSSR count). The minimum Gasteiger partial charge on any atom is -0.397 e. The molecule has 0 saturated carbocycles. The van der Waals surface area contributed by atoms with E-state index < -0.39 is 0 Å². The number of nitrogens with zero attached hydrogens (tertiary/aromatic N) is 1. The first-order valence-electron chi connectivity index (χ1n) is 6.66. The zero-order chi connectivity index (χ0) is 13.4. The lowest BCUT2D eigenvalue weighted by molar-refractivity contribution is 0.0934. The average molecular weight is 249 g/mol. The molecule has 18 heavy (non-hydrogen) atoms. The van der Waals surface area contributed by atoms with Gasteiger partial charge in [-0.25, -0.2) is 4.98 Å². The van der Waals surface area contributed by atoms with Gasteiger partial charge in [-0.3, -0.25) is 4.79 Å². The molecule has 0 aromatic carbocycles. The zero-order valence-electron chi connectivity index (χ0n) is 11.3. The summed E-state index contributed by atoms with van der Waals surface area (Å²) in [6.45, 7) is 4.21. The minimum absolute atomic E-state index is 0.163. The molecule has 0 radical (unpaired) electrons. The van der Waals surface area contributed by atoms with E-state index in [2.05, 4.69) is 17.2 Å². The second kappa shape index (κ2) is 7.69. The third-order valence-corrected chi connectivity index (χ3v) is 2.92. The van der Waals surface area contributed by atoms with Crippen molar-refractivity contribution in [2.75, 3.05) is 5.73 Å². The van der Waals surface area contributed by atoms with E-state index in [4.69, 9.17) is 5.73 Å². The molecule has 0 aliphatic carbocycles. The van der Waals surface area contributed by atoms with Gasteiger partial charge in [-0.1, -0.05) is 32.6 Å². The molecular formula is C14H23N3O. The van der Waals surface area contributed by atoms with E-state index >= 15 is 0 Å². The van der Waals surface area contributed by atoms with Gasteiger partial charge in [0.05, 0.1) is 5.69 Å². The maximum atomic E-state index is 11.9. The Kier molecular flexibility index (Phi) is 6.19. The van der Waals surface area contributed by atoms with Crippen molar-refractivity contribution in [1.82, 2.24) is 10.3 Å². The normalized spacial score (nSPS) is 12.1. The first kappa shape index (κ1) is 14.5. The van der Waals surface area contributed by atoms with Crippen LogP contribution in [0.15, 0.2) is 18.3 Å². The molecule has 1 aromatic heterocycles. The van der Waals surface area contributed by atoms with E-state index in [1.54, 1.807) is 18.3 Å². The number of hydrogen-bond acceptors (Lipinski definition) is 3. The van der Waals surface area contributed by atoms with Crippen LogP contribution in [0.1, 0.15) is 56.4 Å². The van der Waals surface area contributed by atoms with E-state index in [9.17, 15) is 4.79 Å². The number of anilines is 1. The van der Waals surface area contributed by atoms with Crippen LogP contribution in [0.2, 0.25) is 0 Å². The number of hydrogen-bond donors (Lipinski definition) is 2. The van der Waals surface area contributed by atoms with Gasteiger partial charge >= 0.3 is 0 Å². The van der Waals surface area contributed by atoms with E-state index in [0.29, 0.717) is 11.4 Å². The van der Waals surface area contributed by atoms with E-state index in [-0.39, 0.29) is 11.9 Å². The monoisotopic (exact) mass is 249 g/mol. The van der Waals surface area contributed by atoms with E-state index in [1.807, 2.05) is 6.92 Å². The summed E-state index contributed by atoms with van der Waals surface area (Å²) in [7, 11) is 0. The van der Waals surface area contributed by atoms with Crippen molar-refractivity contribution in [3.63, 3.8) is 0 Å². The second-order valence-electron chi connectivity index (χ2n) is 4.67. The second-order valence-corrected chi connectivity index (χ2v) is 4.67. The molecule has 0 saturated heterocycles. The van der Waals surface area contributed by atoms with Gasteiger partial charge in [-0.05, 0) is 25.5 Å². The van der Waals surface area contributed by atoms with Gasteiger partial charge in [0, 0.05) is 12.2 Å². The number of unbranched alkanes of at least 4 members (excludes halogenated alkanes) is 3. The van der Waals surface area contributed by atoms with Gasteiger partial charge in [0.1, 0.15) is 0 Å². The number of nitrogen functional groups attached to an aromatic ring is 1. The number of amides is 1. The van der Waals surface area contributed by atoms with Crippen LogP contribution in [0.3, 0.4) is 0 Å². The molecule has 1 amide bonds. The van der Waals surface area contributed by atoms with Crippen LogP contribution in [0.25, 0.3) is 0 Å².